The largest absolute Gasteiger partial charge is 0.482 e. The average molecular weight is 543 g/mol. The molecule has 1 aliphatic heterocycles. The van der Waals surface area contributed by atoms with Gasteiger partial charge in [-0.05, 0) is 41.0 Å². The van der Waals surface area contributed by atoms with Gasteiger partial charge in [-0.15, -0.1) is 0 Å². The molecule has 2 aromatic heterocycles. The lowest BCUT2D eigenvalue weighted by atomic mass is 10.0. The lowest BCUT2D eigenvalue weighted by Crippen LogP contribution is -2.35. The standard InChI is InChI=1S/C27H22N6O7/c34-20-9-15-8-14(27(38)39)2-3-16(15)24(20)32-26(37)19-10-18(30-22-5-6-29-33(19)22)25(36)28-11-13-1-4-21-17(7-13)31-23(35)12-40-21/h1-8,10,20,24,34H,9,11-12H2,(H,28,36)(H,31,35)(H,32,37)(H,38,39)/t20-,24-/m1/s1. The van der Waals surface area contributed by atoms with E-state index < -0.39 is 29.9 Å². The number of aromatic carboxylic acids is 1. The molecule has 13 nitrogen and oxygen atoms in total. The van der Waals surface area contributed by atoms with Crippen molar-refractivity contribution >= 4 is 35.0 Å². The van der Waals surface area contributed by atoms with Crippen molar-refractivity contribution < 1.29 is 34.1 Å². The zero-order chi connectivity index (χ0) is 28.0. The number of aromatic nitrogens is 3. The summed E-state index contributed by atoms with van der Waals surface area (Å²) in [6, 6.07) is 11.7. The van der Waals surface area contributed by atoms with Crippen LogP contribution in [0.2, 0.25) is 0 Å². The van der Waals surface area contributed by atoms with Crippen molar-refractivity contribution in [3.05, 3.63) is 88.4 Å². The summed E-state index contributed by atoms with van der Waals surface area (Å²) in [6.07, 6.45) is 0.658. The predicted molar refractivity (Wildman–Crippen MR) is 138 cm³/mol. The van der Waals surface area contributed by atoms with Crippen molar-refractivity contribution in [1.29, 1.82) is 0 Å². The highest BCUT2D eigenvalue weighted by Crippen LogP contribution is 2.33. The van der Waals surface area contributed by atoms with E-state index in [4.69, 9.17) is 4.74 Å². The van der Waals surface area contributed by atoms with E-state index in [9.17, 15) is 29.4 Å². The minimum Gasteiger partial charge on any atom is -0.482 e. The number of aliphatic hydroxyl groups is 1. The number of hydrogen-bond donors (Lipinski definition) is 5. The Balaban J connectivity index is 1.21. The number of nitrogens with zero attached hydrogens (tertiary/aromatic N) is 3. The second kappa shape index (κ2) is 9.78. The number of carbonyl (C=O) groups excluding carboxylic acids is 3. The number of amides is 3. The first-order valence-electron chi connectivity index (χ1n) is 12.3. The summed E-state index contributed by atoms with van der Waals surface area (Å²) in [6.45, 7) is 0.0681. The van der Waals surface area contributed by atoms with Crippen molar-refractivity contribution in [1.82, 2.24) is 25.2 Å². The molecular weight excluding hydrogens is 520 g/mol. The molecule has 0 fully saturated rings. The van der Waals surface area contributed by atoms with Gasteiger partial charge in [0, 0.05) is 25.1 Å². The number of benzene rings is 2. The summed E-state index contributed by atoms with van der Waals surface area (Å²) >= 11 is 0. The van der Waals surface area contributed by atoms with Gasteiger partial charge in [-0.25, -0.2) is 14.3 Å². The van der Waals surface area contributed by atoms with E-state index in [0.717, 1.165) is 0 Å². The maximum Gasteiger partial charge on any atom is 0.335 e. The predicted octanol–water partition coefficient (Wildman–Crippen LogP) is 1.08. The molecule has 4 aromatic rings. The smallest absolute Gasteiger partial charge is 0.335 e. The molecule has 0 radical (unpaired) electrons. The topological polar surface area (TPSA) is 184 Å². The van der Waals surface area contributed by atoms with Gasteiger partial charge in [0.2, 0.25) is 0 Å². The minimum atomic E-state index is -1.08. The van der Waals surface area contributed by atoms with E-state index in [1.807, 2.05) is 0 Å². The molecule has 0 unspecified atom stereocenters. The maximum absolute atomic E-state index is 13.4. The van der Waals surface area contributed by atoms with Crippen LogP contribution in [-0.4, -0.2) is 61.2 Å². The first kappa shape index (κ1) is 25.0. The summed E-state index contributed by atoms with van der Waals surface area (Å²) in [4.78, 5) is 53.6. The molecule has 0 spiro atoms. The van der Waals surface area contributed by atoms with Crippen LogP contribution in [0.5, 0.6) is 5.75 Å². The van der Waals surface area contributed by atoms with Gasteiger partial charge in [-0.3, -0.25) is 14.4 Å². The molecule has 2 atom stereocenters. The Hall–Kier alpha value is -5.30. The third kappa shape index (κ3) is 4.58. The highest BCUT2D eigenvalue weighted by molar-refractivity contribution is 5.99. The summed E-state index contributed by atoms with van der Waals surface area (Å²) in [5.74, 6) is -1.95. The zero-order valence-corrected chi connectivity index (χ0v) is 20.7. The fourth-order valence-electron chi connectivity index (χ4n) is 4.86. The average Bonchev–Trinajstić information content (AvgIpc) is 3.54. The summed E-state index contributed by atoms with van der Waals surface area (Å²) in [5.41, 5.74) is 2.82. The number of anilines is 1. The molecule has 202 valence electrons. The third-order valence-corrected chi connectivity index (χ3v) is 6.78. The van der Waals surface area contributed by atoms with Gasteiger partial charge in [0.1, 0.15) is 17.1 Å². The van der Waals surface area contributed by atoms with Gasteiger partial charge in [0.15, 0.2) is 12.3 Å². The molecule has 5 N–H and O–H groups in total. The second-order valence-electron chi connectivity index (χ2n) is 9.42. The van der Waals surface area contributed by atoms with Crippen LogP contribution in [0.1, 0.15) is 54.1 Å². The Morgan fingerprint density at radius 1 is 1.10 bits per heavy atom. The van der Waals surface area contributed by atoms with Gasteiger partial charge in [0.05, 0.1) is 29.6 Å². The van der Waals surface area contributed by atoms with E-state index in [1.165, 1.54) is 28.9 Å². The van der Waals surface area contributed by atoms with Crippen LogP contribution in [0, 0.1) is 0 Å². The lowest BCUT2D eigenvalue weighted by Gasteiger charge is -2.19. The number of ether oxygens (including phenoxy) is 1. The number of aliphatic hydroxyl groups excluding tert-OH is 1. The SMILES string of the molecule is O=C1COc2ccc(CNC(=O)c3cc(C(=O)N[C@@H]4c5ccc(C(=O)O)cc5C[C@H]4O)n4nccc4n3)cc2N1. The number of carboxylic acids is 1. The zero-order valence-electron chi connectivity index (χ0n) is 20.7. The first-order chi connectivity index (χ1) is 19.3. The van der Waals surface area contributed by atoms with Crippen molar-refractivity contribution in [2.45, 2.75) is 25.1 Å². The van der Waals surface area contributed by atoms with E-state index in [0.29, 0.717) is 28.1 Å². The Morgan fingerprint density at radius 3 is 2.77 bits per heavy atom. The van der Waals surface area contributed by atoms with Crippen LogP contribution in [0.25, 0.3) is 5.65 Å². The molecule has 2 aliphatic rings. The second-order valence-corrected chi connectivity index (χ2v) is 9.42. The van der Waals surface area contributed by atoms with E-state index >= 15 is 0 Å². The van der Waals surface area contributed by atoms with Crippen molar-refractivity contribution in [2.75, 3.05) is 11.9 Å². The Kier molecular flexibility index (Phi) is 6.11. The molecule has 1 aliphatic carbocycles. The molecule has 2 aromatic carbocycles. The van der Waals surface area contributed by atoms with Crippen LogP contribution in [0.3, 0.4) is 0 Å². The number of carbonyl (C=O) groups is 4. The van der Waals surface area contributed by atoms with E-state index in [1.54, 1.807) is 30.3 Å². The summed E-state index contributed by atoms with van der Waals surface area (Å²) < 4.78 is 6.63. The van der Waals surface area contributed by atoms with Crippen molar-refractivity contribution in [2.24, 2.45) is 0 Å². The molecule has 0 bridgehead atoms. The lowest BCUT2D eigenvalue weighted by molar-refractivity contribution is -0.118. The number of fused-ring (bicyclic) bond motifs is 3. The summed E-state index contributed by atoms with van der Waals surface area (Å²) in [5, 5.41) is 32.3. The quantitative estimate of drug-likeness (QED) is 0.238. The van der Waals surface area contributed by atoms with Crippen molar-refractivity contribution in [3.8, 4) is 5.75 Å². The third-order valence-electron chi connectivity index (χ3n) is 6.78. The molecule has 3 heterocycles. The molecule has 6 rings (SSSR count). The molecule has 0 saturated heterocycles. The van der Waals surface area contributed by atoms with Crippen LogP contribution in [-0.2, 0) is 17.8 Å². The van der Waals surface area contributed by atoms with Crippen molar-refractivity contribution in [3.63, 3.8) is 0 Å². The fourth-order valence-corrected chi connectivity index (χ4v) is 4.86. The Morgan fingerprint density at radius 2 is 1.95 bits per heavy atom. The molecule has 40 heavy (non-hydrogen) atoms. The Labute approximate surface area is 225 Å². The van der Waals surface area contributed by atoms with E-state index in [2.05, 4.69) is 26.0 Å². The number of hydrogen-bond acceptors (Lipinski definition) is 8. The fraction of sp³-hybridized carbons (Fsp3) is 0.185. The van der Waals surface area contributed by atoms with Crippen LogP contribution in [0.4, 0.5) is 5.69 Å². The monoisotopic (exact) mass is 542 g/mol. The highest BCUT2D eigenvalue weighted by atomic mass is 16.5. The summed E-state index contributed by atoms with van der Waals surface area (Å²) in [7, 11) is 0. The minimum absolute atomic E-state index is 0.0220. The van der Waals surface area contributed by atoms with Crippen LogP contribution >= 0.6 is 0 Å². The van der Waals surface area contributed by atoms with E-state index in [-0.39, 0.29) is 48.1 Å². The highest BCUT2D eigenvalue weighted by Gasteiger charge is 2.33. The van der Waals surface area contributed by atoms with Crippen LogP contribution in [0.15, 0.2) is 54.7 Å². The van der Waals surface area contributed by atoms with Gasteiger partial charge in [-0.1, -0.05) is 12.1 Å². The molecule has 0 saturated carbocycles. The first-order valence-corrected chi connectivity index (χ1v) is 12.3. The Bertz CT molecular complexity index is 1720. The van der Waals surface area contributed by atoms with Gasteiger partial charge >= 0.3 is 5.97 Å². The number of nitrogens with one attached hydrogen (secondary N) is 3. The number of carboxylic acid groups (broad SMARTS) is 1. The van der Waals surface area contributed by atoms with Gasteiger partial charge in [-0.2, -0.15) is 5.10 Å². The molecular formula is C27H22N6O7. The van der Waals surface area contributed by atoms with Gasteiger partial charge < -0.3 is 30.9 Å². The molecule has 13 heteroatoms. The van der Waals surface area contributed by atoms with Gasteiger partial charge in [0.25, 0.3) is 17.7 Å². The maximum atomic E-state index is 13.4. The van der Waals surface area contributed by atoms with Crippen LogP contribution < -0.4 is 20.7 Å². The number of rotatable bonds is 6. The molecule has 3 amide bonds. The normalized spacial score (nSPS) is 17.4.